The van der Waals surface area contributed by atoms with Gasteiger partial charge in [-0.25, -0.2) is 8.91 Å². The van der Waals surface area contributed by atoms with Crippen LogP contribution in [0.3, 0.4) is 0 Å². The van der Waals surface area contributed by atoms with E-state index in [1.807, 2.05) is 30.3 Å². The first-order chi connectivity index (χ1) is 19.5. The van der Waals surface area contributed by atoms with Crippen molar-refractivity contribution in [2.75, 3.05) is 5.32 Å². The highest BCUT2D eigenvalue weighted by molar-refractivity contribution is 5.94. The van der Waals surface area contributed by atoms with Gasteiger partial charge < -0.3 is 15.8 Å². The van der Waals surface area contributed by atoms with E-state index >= 15 is 0 Å². The van der Waals surface area contributed by atoms with Crippen molar-refractivity contribution < 1.29 is 31.9 Å². The number of rotatable bonds is 9. The van der Waals surface area contributed by atoms with Gasteiger partial charge in [-0.1, -0.05) is 36.4 Å². The van der Waals surface area contributed by atoms with Crippen LogP contribution < -0.4 is 15.8 Å². The van der Waals surface area contributed by atoms with Gasteiger partial charge in [-0.3, -0.25) is 9.59 Å². The van der Waals surface area contributed by atoms with Gasteiger partial charge in [-0.05, 0) is 59.2 Å². The average Bonchev–Trinajstić information content (AvgIpc) is 3.32. The Balaban J connectivity index is 1.30. The fourth-order valence-corrected chi connectivity index (χ4v) is 4.15. The fraction of sp³-hybridized carbons (Fsp3) is 0.103. The van der Waals surface area contributed by atoms with Gasteiger partial charge >= 0.3 is 6.36 Å². The highest BCUT2D eigenvalue weighted by atomic mass is 19.4. The number of primary amides is 1. The molecular formula is C29H21F4N5O3. The Bertz CT molecular complexity index is 1730. The molecule has 2 aromatic heterocycles. The van der Waals surface area contributed by atoms with E-state index in [0.717, 1.165) is 28.3 Å². The molecule has 0 atom stereocenters. The van der Waals surface area contributed by atoms with E-state index in [2.05, 4.69) is 20.1 Å². The van der Waals surface area contributed by atoms with E-state index in [0.29, 0.717) is 5.65 Å². The van der Waals surface area contributed by atoms with Crippen molar-refractivity contribution in [3.8, 4) is 16.9 Å². The number of ketones is 1. The van der Waals surface area contributed by atoms with E-state index in [1.165, 1.54) is 28.8 Å². The lowest BCUT2D eigenvalue weighted by atomic mass is 10.0. The molecule has 0 aliphatic carbocycles. The molecule has 5 aromatic rings. The number of benzene rings is 3. The fourth-order valence-electron chi connectivity index (χ4n) is 4.15. The summed E-state index contributed by atoms with van der Waals surface area (Å²) in [5, 5.41) is 6.97. The predicted molar refractivity (Wildman–Crippen MR) is 142 cm³/mol. The van der Waals surface area contributed by atoms with E-state index in [4.69, 9.17) is 5.73 Å². The summed E-state index contributed by atoms with van der Waals surface area (Å²) in [6.45, 7) is 0. The number of ether oxygens (including phenoxy) is 1. The number of Topliss-reactive ketones (excluding diaryl/α,β-unsaturated/α-hetero) is 1. The maximum atomic E-state index is 13.1. The van der Waals surface area contributed by atoms with Crippen LogP contribution in [0.25, 0.3) is 16.8 Å². The third-order valence-electron chi connectivity index (χ3n) is 6.07. The maximum Gasteiger partial charge on any atom is 0.573 e. The first-order valence-electron chi connectivity index (χ1n) is 12.2. The molecule has 0 saturated carbocycles. The number of pyridine rings is 1. The molecule has 3 aromatic carbocycles. The summed E-state index contributed by atoms with van der Waals surface area (Å²) >= 11 is 0. The number of fused-ring (bicyclic) bond motifs is 1. The third-order valence-corrected chi connectivity index (χ3v) is 6.07. The standard InChI is InChI=1S/C29H21F4N5O3/c30-22-9-3-18(4-10-22)14-23(39)13-17-1-5-19(6-2-17)21-8-12-26-36-28(37-38(26)16-21)35-24-11-7-20(27(34)40)15-25(24)41-29(31,32)33/h1-12,15-16H,13-14H2,(H2,34,40)(H,35,37). The van der Waals surface area contributed by atoms with Crippen LogP contribution in [0.2, 0.25) is 0 Å². The van der Waals surface area contributed by atoms with E-state index in [9.17, 15) is 27.2 Å². The molecule has 0 bridgehead atoms. The first-order valence-corrected chi connectivity index (χ1v) is 12.2. The molecule has 3 N–H and O–H groups in total. The number of anilines is 2. The number of hydrogen-bond acceptors (Lipinski definition) is 6. The van der Waals surface area contributed by atoms with Crippen LogP contribution >= 0.6 is 0 Å². The van der Waals surface area contributed by atoms with E-state index in [-0.39, 0.29) is 41.6 Å². The van der Waals surface area contributed by atoms with E-state index in [1.54, 1.807) is 24.4 Å². The summed E-state index contributed by atoms with van der Waals surface area (Å²) < 4.78 is 57.4. The lowest BCUT2D eigenvalue weighted by Gasteiger charge is -2.14. The van der Waals surface area contributed by atoms with Gasteiger partial charge in [-0.2, -0.15) is 4.98 Å². The number of carbonyl (C=O) groups excluding carboxylic acids is 2. The molecule has 0 radical (unpaired) electrons. The van der Waals surface area contributed by atoms with Gasteiger partial charge in [0.1, 0.15) is 11.6 Å². The average molecular weight is 564 g/mol. The number of halogens is 4. The minimum atomic E-state index is -5.00. The van der Waals surface area contributed by atoms with E-state index < -0.39 is 18.0 Å². The van der Waals surface area contributed by atoms with Crippen molar-refractivity contribution in [2.24, 2.45) is 5.73 Å². The molecule has 5 rings (SSSR count). The molecular weight excluding hydrogens is 542 g/mol. The zero-order valence-corrected chi connectivity index (χ0v) is 21.2. The quantitative estimate of drug-likeness (QED) is 0.225. The van der Waals surface area contributed by atoms with Crippen molar-refractivity contribution >= 4 is 29.0 Å². The van der Waals surface area contributed by atoms with Gasteiger partial charge in [0.2, 0.25) is 11.9 Å². The Hall–Kier alpha value is -5.26. The Kier molecular flexibility index (Phi) is 7.38. The van der Waals surface area contributed by atoms with Crippen LogP contribution in [0.15, 0.2) is 85.1 Å². The molecule has 0 unspecified atom stereocenters. The Morgan fingerprint density at radius 3 is 2.15 bits per heavy atom. The molecule has 0 saturated heterocycles. The Labute approximate surface area is 230 Å². The van der Waals surface area contributed by atoms with Gasteiger partial charge in [0.25, 0.3) is 0 Å². The summed E-state index contributed by atoms with van der Waals surface area (Å²) in [5.74, 6) is -1.93. The van der Waals surface area contributed by atoms with Crippen molar-refractivity contribution in [3.63, 3.8) is 0 Å². The van der Waals surface area contributed by atoms with Gasteiger partial charge in [0.05, 0.1) is 5.69 Å². The van der Waals surface area contributed by atoms with Crippen LogP contribution in [0, 0.1) is 5.82 Å². The van der Waals surface area contributed by atoms with Crippen molar-refractivity contribution in [2.45, 2.75) is 19.2 Å². The second kappa shape index (κ2) is 11.1. The highest BCUT2D eigenvalue weighted by Gasteiger charge is 2.32. The van der Waals surface area contributed by atoms with Gasteiger partial charge in [0.15, 0.2) is 11.4 Å². The smallest absolute Gasteiger partial charge is 0.404 e. The number of nitrogens with two attached hydrogens (primary N) is 1. The molecule has 2 heterocycles. The SMILES string of the molecule is NC(=O)c1ccc(Nc2nc3ccc(-c4ccc(CC(=O)Cc5ccc(F)cc5)cc4)cn3n2)c(OC(F)(F)F)c1. The largest absolute Gasteiger partial charge is 0.573 e. The minimum absolute atomic E-state index is 0.00137. The molecule has 0 aliphatic rings. The summed E-state index contributed by atoms with van der Waals surface area (Å²) in [6.07, 6.45) is -2.86. The van der Waals surface area contributed by atoms with Crippen molar-refractivity contribution in [3.05, 3.63) is 108 Å². The predicted octanol–water partition coefficient (Wildman–Crippen LogP) is 5.63. The van der Waals surface area contributed by atoms with Gasteiger partial charge in [0, 0.05) is 30.2 Å². The third kappa shape index (κ3) is 6.85. The van der Waals surface area contributed by atoms with Crippen LogP contribution in [0.4, 0.5) is 29.2 Å². The number of carbonyl (C=O) groups is 2. The molecule has 0 spiro atoms. The van der Waals surface area contributed by atoms with Crippen molar-refractivity contribution in [1.29, 1.82) is 0 Å². The van der Waals surface area contributed by atoms with Crippen LogP contribution in [-0.2, 0) is 17.6 Å². The minimum Gasteiger partial charge on any atom is -0.404 e. The Morgan fingerprint density at radius 2 is 1.51 bits per heavy atom. The summed E-state index contributed by atoms with van der Waals surface area (Å²) in [5.41, 5.74) is 8.51. The monoisotopic (exact) mass is 563 g/mol. The topological polar surface area (TPSA) is 112 Å². The number of amides is 1. The maximum absolute atomic E-state index is 13.1. The lowest BCUT2D eigenvalue weighted by molar-refractivity contribution is -0.274. The number of aromatic nitrogens is 3. The second-order valence-corrected chi connectivity index (χ2v) is 9.12. The van der Waals surface area contributed by atoms with Crippen LogP contribution in [-0.4, -0.2) is 32.7 Å². The molecule has 41 heavy (non-hydrogen) atoms. The summed E-state index contributed by atoms with van der Waals surface area (Å²) in [7, 11) is 0. The normalized spacial score (nSPS) is 11.4. The molecule has 8 nitrogen and oxygen atoms in total. The molecule has 12 heteroatoms. The second-order valence-electron chi connectivity index (χ2n) is 9.12. The molecule has 0 fully saturated rings. The highest BCUT2D eigenvalue weighted by Crippen LogP contribution is 2.33. The number of nitrogens with zero attached hydrogens (tertiary/aromatic N) is 3. The summed E-state index contributed by atoms with van der Waals surface area (Å²) in [4.78, 5) is 28.1. The van der Waals surface area contributed by atoms with Gasteiger partial charge in [-0.15, -0.1) is 18.3 Å². The zero-order chi connectivity index (χ0) is 29.1. The zero-order valence-electron chi connectivity index (χ0n) is 21.2. The Morgan fingerprint density at radius 1 is 0.878 bits per heavy atom. The molecule has 1 amide bonds. The number of hydrogen-bond donors (Lipinski definition) is 2. The number of nitrogens with one attached hydrogen (secondary N) is 1. The van der Waals surface area contributed by atoms with Crippen molar-refractivity contribution in [1.82, 2.24) is 14.6 Å². The van der Waals surface area contributed by atoms with Crippen LogP contribution in [0.5, 0.6) is 5.75 Å². The lowest BCUT2D eigenvalue weighted by Crippen LogP contribution is -2.19. The van der Waals surface area contributed by atoms with Crippen LogP contribution in [0.1, 0.15) is 21.5 Å². The number of alkyl halides is 3. The molecule has 0 aliphatic heterocycles. The molecule has 208 valence electrons. The first kappa shape index (κ1) is 27.3. The summed E-state index contributed by atoms with van der Waals surface area (Å²) in [6, 6.07) is 20.1.